The van der Waals surface area contributed by atoms with Gasteiger partial charge in [0.15, 0.2) is 16.8 Å². The number of rotatable bonds is 7. The van der Waals surface area contributed by atoms with Crippen LogP contribution in [0.25, 0.3) is 10.7 Å². The van der Waals surface area contributed by atoms with Gasteiger partial charge in [0.1, 0.15) is 11.5 Å². The van der Waals surface area contributed by atoms with Crippen LogP contribution in [0.2, 0.25) is 5.15 Å². The van der Waals surface area contributed by atoms with Crippen molar-refractivity contribution >= 4 is 22.9 Å². The molecular weight excluding hydrogens is 384 g/mol. The molecule has 1 unspecified atom stereocenters. The van der Waals surface area contributed by atoms with E-state index in [1.807, 2.05) is 35.0 Å². The van der Waals surface area contributed by atoms with Crippen LogP contribution in [0.15, 0.2) is 35.8 Å². The predicted octanol–water partition coefficient (Wildman–Crippen LogP) is 4.34. The second kappa shape index (κ2) is 8.93. The minimum absolute atomic E-state index is 0.156. The molecule has 1 fully saturated rings. The highest BCUT2D eigenvalue weighted by molar-refractivity contribution is 7.13. The van der Waals surface area contributed by atoms with Gasteiger partial charge in [0.2, 0.25) is 0 Å². The summed E-state index contributed by atoms with van der Waals surface area (Å²) in [5, 5.41) is 5.11. The molecule has 0 saturated carbocycles. The maximum absolute atomic E-state index is 6.24. The highest BCUT2D eigenvalue weighted by Crippen LogP contribution is 2.30. The number of thiazole rings is 1. The molecule has 1 saturated heterocycles. The minimum Gasteiger partial charge on any atom is -0.376 e. The van der Waals surface area contributed by atoms with Crippen LogP contribution in [0, 0.1) is 0 Å². The Balaban J connectivity index is 1.49. The number of hydrogen-bond donors (Lipinski definition) is 0. The molecule has 1 aliphatic rings. The van der Waals surface area contributed by atoms with E-state index in [0.717, 1.165) is 35.7 Å². The van der Waals surface area contributed by atoms with Gasteiger partial charge >= 0.3 is 0 Å². The van der Waals surface area contributed by atoms with Crippen molar-refractivity contribution in [1.29, 1.82) is 0 Å². The Morgan fingerprint density at radius 1 is 1.22 bits per heavy atom. The zero-order valence-corrected chi connectivity index (χ0v) is 16.5. The summed E-state index contributed by atoms with van der Waals surface area (Å²) in [5.41, 5.74) is 2.84. The molecule has 0 N–H and O–H groups in total. The molecule has 8 heteroatoms. The molecule has 4 rings (SSSR count). The van der Waals surface area contributed by atoms with Gasteiger partial charge in [0.25, 0.3) is 0 Å². The van der Waals surface area contributed by atoms with E-state index in [4.69, 9.17) is 21.1 Å². The molecule has 1 aromatic carbocycles. The van der Waals surface area contributed by atoms with Gasteiger partial charge in [-0.25, -0.2) is 14.6 Å². The summed E-state index contributed by atoms with van der Waals surface area (Å²) in [6.07, 6.45) is 3.50. The van der Waals surface area contributed by atoms with Crippen molar-refractivity contribution in [3.63, 3.8) is 0 Å². The SMILES string of the molecule is Clc1ncsc1-c1nc(COCc2ccccc2)nn1CC1CCCCO1. The summed E-state index contributed by atoms with van der Waals surface area (Å²) in [4.78, 5) is 9.63. The van der Waals surface area contributed by atoms with Crippen LogP contribution in [0.4, 0.5) is 0 Å². The van der Waals surface area contributed by atoms with Crippen LogP contribution in [0.5, 0.6) is 0 Å². The van der Waals surface area contributed by atoms with E-state index >= 15 is 0 Å². The summed E-state index contributed by atoms with van der Waals surface area (Å²) in [7, 11) is 0. The van der Waals surface area contributed by atoms with Crippen molar-refractivity contribution < 1.29 is 9.47 Å². The van der Waals surface area contributed by atoms with Crippen LogP contribution >= 0.6 is 22.9 Å². The van der Waals surface area contributed by atoms with E-state index in [9.17, 15) is 0 Å². The molecule has 0 bridgehead atoms. The average Bonchev–Trinajstić information content (AvgIpc) is 3.29. The standard InChI is InChI=1S/C19H21ClN4O2S/c20-18-17(27-13-21-18)19-22-16(12-25-11-14-6-2-1-3-7-14)23-24(19)10-15-8-4-5-9-26-15/h1-3,6-7,13,15H,4-5,8-12H2. The molecule has 142 valence electrons. The molecule has 27 heavy (non-hydrogen) atoms. The number of hydrogen-bond acceptors (Lipinski definition) is 6. The van der Waals surface area contributed by atoms with Crippen LogP contribution in [0.1, 0.15) is 30.7 Å². The maximum atomic E-state index is 6.24. The van der Waals surface area contributed by atoms with Gasteiger partial charge in [-0.05, 0) is 24.8 Å². The van der Waals surface area contributed by atoms with E-state index in [1.165, 1.54) is 17.8 Å². The largest absolute Gasteiger partial charge is 0.376 e. The Hall–Kier alpha value is -1.80. The van der Waals surface area contributed by atoms with Gasteiger partial charge in [-0.2, -0.15) is 5.10 Å². The Labute approximate surface area is 167 Å². The van der Waals surface area contributed by atoms with Crippen LogP contribution in [0.3, 0.4) is 0 Å². The highest BCUT2D eigenvalue weighted by atomic mass is 35.5. The summed E-state index contributed by atoms with van der Waals surface area (Å²) < 4.78 is 13.6. The van der Waals surface area contributed by atoms with Crippen molar-refractivity contribution in [1.82, 2.24) is 19.7 Å². The van der Waals surface area contributed by atoms with Crippen LogP contribution < -0.4 is 0 Å². The molecule has 1 atom stereocenters. The first kappa shape index (κ1) is 18.6. The summed E-state index contributed by atoms with van der Waals surface area (Å²) in [6.45, 7) is 2.34. The lowest BCUT2D eigenvalue weighted by Crippen LogP contribution is -2.25. The summed E-state index contributed by atoms with van der Waals surface area (Å²) >= 11 is 7.70. The van der Waals surface area contributed by atoms with Crippen molar-refractivity contribution in [2.45, 2.75) is 45.1 Å². The molecule has 6 nitrogen and oxygen atoms in total. The first-order chi connectivity index (χ1) is 13.3. The predicted molar refractivity (Wildman–Crippen MR) is 105 cm³/mol. The van der Waals surface area contributed by atoms with E-state index in [2.05, 4.69) is 15.1 Å². The Bertz CT molecular complexity index is 862. The quantitative estimate of drug-likeness (QED) is 0.586. The van der Waals surface area contributed by atoms with E-state index in [-0.39, 0.29) is 6.10 Å². The van der Waals surface area contributed by atoms with Gasteiger partial charge in [0.05, 0.1) is 24.8 Å². The molecule has 1 aliphatic heterocycles. The topological polar surface area (TPSA) is 62.1 Å². The molecule has 0 radical (unpaired) electrons. The molecule has 0 spiro atoms. The fraction of sp³-hybridized carbons (Fsp3) is 0.421. The molecule has 0 amide bonds. The lowest BCUT2D eigenvalue weighted by atomic mass is 10.1. The number of aromatic nitrogens is 4. The van der Waals surface area contributed by atoms with Crippen molar-refractivity contribution in [3.05, 3.63) is 52.4 Å². The Morgan fingerprint density at radius 3 is 2.85 bits per heavy atom. The zero-order chi connectivity index (χ0) is 18.5. The first-order valence-electron chi connectivity index (χ1n) is 9.06. The first-order valence-corrected chi connectivity index (χ1v) is 10.3. The molecular formula is C19H21ClN4O2S. The maximum Gasteiger partial charge on any atom is 0.176 e. The normalized spacial score (nSPS) is 17.3. The van der Waals surface area contributed by atoms with E-state index in [1.54, 1.807) is 5.51 Å². The second-order valence-corrected chi connectivity index (χ2v) is 7.69. The van der Waals surface area contributed by atoms with Gasteiger partial charge in [-0.15, -0.1) is 11.3 Å². The third-order valence-electron chi connectivity index (χ3n) is 4.44. The average molecular weight is 405 g/mol. The number of ether oxygens (including phenoxy) is 2. The minimum atomic E-state index is 0.156. The van der Waals surface area contributed by atoms with E-state index in [0.29, 0.717) is 30.7 Å². The molecule has 2 aromatic heterocycles. The smallest absolute Gasteiger partial charge is 0.176 e. The number of benzene rings is 1. The van der Waals surface area contributed by atoms with Crippen LogP contribution in [-0.2, 0) is 29.2 Å². The fourth-order valence-corrected chi connectivity index (χ4v) is 4.10. The third-order valence-corrected chi connectivity index (χ3v) is 5.66. The lowest BCUT2D eigenvalue weighted by Gasteiger charge is -2.22. The number of halogens is 1. The van der Waals surface area contributed by atoms with Crippen molar-refractivity contribution in [2.24, 2.45) is 0 Å². The van der Waals surface area contributed by atoms with Gasteiger partial charge in [0, 0.05) is 6.61 Å². The summed E-state index contributed by atoms with van der Waals surface area (Å²) in [6, 6.07) is 10.1. The molecule has 3 heterocycles. The van der Waals surface area contributed by atoms with Crippen LogP contribution in [-0.4, -0.2) is 32.5 Å². The second-order valence-electron chi connectivity index (χ2n) is 6.47. The van der Waals surface area contributed by atoms with Gasteiger partial charge in [-0.3, -0.25) is 0 Å². The molecule has 3 aromatic rings. The van der Waals surface area contributed by atoms with Gasteiger partial charge < -0.3 is 9.47 Å². The van der Waals surface area contributed by atoms with Crippen molar-refractivity contribution in [3.8, 4) is 10.7 Å². The molecule has 0 aliphatic carbocycles. The lowest BCUT2D eigenvalue weighted by molar-refractivity contribution is 0.00404. The highest BCUT2D eigenvalue weighted by Gasteiger charge is 2.21. The Kier molecular flexibility index (Phi) is 6.14. The van der Waals surface area contributed by atoms with Crippen molar-refractivity contribution in [2.75, 3.05) is 6.61 Å². The van der Waals surface area contributed by atoms with E-state index < -0.39 is 0 Å². The monoisotopic (exact) mass is 404 g/mol. The summed E-state index contributed by atoms with van der Waals surface area (Å²) in [5.74, 6) is 1.37. The van der Waals surface area contributed by atoms with Gasteiger partial charge in [-0.1, -0.05) is 41.9 Å². The zero-order valence-electron chi connectivity index (χ0n) is 14.9. The third kappa shape index (κ3) is 4.73. The Morgan fingerprint density at radius 2 is 2.11 bits per heavy atom. The fourth-order valence-electron chi connectivity index (χ4n) is 3.10. The number of nitrogens with zero attached hydrogens (tertiary/aromatic N) is 4.